The summed E-state index contributed by atoms with van der Waals surface area (Å²) in [7, 11) is 0. The van der Waals surface area contributed by atoms with Gasteiger partial charge in [-0.3, -0.25) is 14.9 Å². The molecule has 0 fully saturated rings. The van der Waals surface area contributed by atoms with Gasteiger partial charge in [0.1, 0.15) is 24.6 Å². The molecule has 10 heteroatoms. The van der Waals surface area contributed by atoms with E-state index in [0.717, 1.165) is 24.3 Å². The van der Waals surface area contributed by atoms with Gasteiger partial charge in [0.15, 0.2) is 17.6 Å². The predicted octanol–water partition coefficient (Wildman–Crippen LogP) is 2.69. The van der Waals surface area contributed by atoms with Crippen LogP contribution in [0.25, 0.3) is 0 Å². The lowest BCUT2D eigenvalue weighted by atomic mass is 10.1. The van der Waals surface area contributed by atoms with Crippen molar-refractivity contribution in [2.24, 2.45) is 0 Å². The van der Waals surface area contributed by atoms with Gasteiger partial charge in [-0.05, 0) is 31.2 Å². The van der Waals surface area contributed by atoms with Crippen molar-refractivity contribution in [1.82, 2.24) is 0 Å². The van der Waals surface area contributed by atoms with Crippen LogP contribution in [0.5, 0.6) is 11.5 Å². The van der Waals surface area contributed by atoms with Gasteiger partial charge in [-0.15, -0.1) is 0 Å². The number of amides is 1. The standard InChI is InChI=1S/C18H15FN2O7/c1-10(17(22)20-12-4-2-11(19)3-5-12)28-18(23)13-8-15-16(27-7-6-26-15)9-14(13)21(24)25/h2-5,8-10H,6-7H2,1H3,(H,20,22)/t10-/m1/s1. The molecule has 9 nitrogen and oxygen atoms in total. The first-order valence-electron chi connectivity index (χ1n) is 8.20. The number of nitro groups is 1. The Kier molecular flexibility index (Phi) is 5.39. The van der Waals surface area contributed by atoms with Gasteiger partial charge in [-0.2, -0.15) is 0 Å². The van der Waals surface area contributed by atoms with Crippen LogP contribution in [-0.4, -0.2) is 36.1 Å². The highest BCUT2D eigenvalue weighted by Crippen LogP contribution is 2.37. The summed E-state index contributed by atoms with van der Waals surface area (Å²) in [5, 5.41) is 13.7. The van der Waals surface area contributed by atoms with Crippen molar-refractivity contribution in [2.45, 2.75) is 13.0 Å². The van der Waals surface area contributed by atoms with Gasteiger partial charge in [0.05, 0.1) is 11.0 Å². The number of hydrogen-bond acceptors (Lipinski definition) is 7. The summed E-state index contributed by atoms with van der Waals surface area (Å²) in [6.07, 6.45) is -1.26. The number of nitrogens with one attached hydrogen (secondary N) is 1. The molecule has 0 unspecified atom stereocenters. The van der Waals surface area contributed by atoms with Crippen LogP contribution in [0.1, 0.15) is 17.3 Å². The zero-order valence-corrected chi connectivity index (χ0v) is 14.6. The highest BCUT2D eigenvalue weighted by atomic mass is 19.1. The number of hydrogen-bond donors (Lipinski definition) is 1. The number of ether oxygens (including phenoxy) is 3. The third-order valence-corrected chi connectivity index (χ3v) is 3.84. The molecule has 0 saturated heterocycles. The topological polar surface area (TPSA) is 117 Å². The highest BCUT2D eigenvalue weighted by Gasteiger charge is 2.29. The number of anilines is 1. The van der Waals surface area contributed by atoms with Crippen LogP contribution in [0.2, 0.25) is 0 Å². The molecular weight excluding hydrogens is 375 g/mol. The predicted molar refractivity (Wildman–Crippen MR) is 94.0 cm³/mol. The fourth-order valence-corrected chi connectivity index (χ4v) is 2.45. The summed E-state index contributed by atoms with van der Waals surface area (Å²) in [5.74, 6) is -1.89. The van der Waals surface area contributed by atoms with E-state index in [4.69, 9.17) is 14.2 Å². The van der Waals surface area contributed by atoms with Crippen LogP contribution in [0.3, 0.4) is 0 Å². The van der Waals surface area contributed by atoms with E-state index in [2.05, 4.69) is 5.32 Å². The molecule has 3 rings (SSSR count). The second kappa shape index (κ2) is 7.91. The van der Waals surface area contributed by atoms with E-state index < -0.39 is 34.4 Å². The van der Waals surface area contributed by atoms with Crippen molar-refractivity contribution >= 4 is 23.3 Å². The monoisotopic (exact) mass is 390 g/mol. The average molecular weight is 390 g/mol. The number of halogens is 1. The lowest BCUT2D eigenvalue weighted by Gasteiger charge is -2.19. The lowest BCUT2D eigenvalue weighted by molar-refractivity contribution is -0.385. The van der Waals surface area contributed by atoms with E-state index in [-0.39, 0.29) is 30.3 Å². The first-order valence-corrected chi connectivity index (χ1v) is 8.20. The SMILES string of the molecule is C[C@@H](OC(=O)c1cc2c(cc1[N+](=O)[O-])OCCO2)C(=O)Nc1ccc(F)cc1. The summed E-state index contributed by atoms with van der Waals surface area (Å²) in [6, 6.07) is 7.23. The molecule has 0 bridgehead atoms. The first kappa shape index (κ1) is 19.1. The van der Waals surface area contributed by atoms with E-state index in [9.17, 15) is 24.1 Å². The number of rotatable bonds is 5. The number of benzene rings is 2. The third-order valence-electron chi connectivity index (χ3n) is 3.84. The molecule has 0 spiro atoms. The maximum atomic E-state index is 12.9. The summed E-state index contributed by atoms with van der Waals surface area (Å²) < 4.78 is 28.6. The van der Waals surface area contributed by atoms with Crippen molar-refractivity contribution < 1.29 is 33.1 Å². The Morgan fingerprint density at radius 3 is 2.39 bits per heavy atom. The Labute approximate surface area is 158 Å². The van der Waals surface area contributed by atoms with E-state index >= 15 is 0 Å². The Morgan fingerprint density at radius 1 is 1.18 bits per heavy atom. The maximum Gasteiger partial charge on any atom is 0.346 e. The van der Waals surface area contributed by atoms with Crippen molar-refractivity contribution in [1.29, 1.82) is 0 Å². The lowest BCUT2D eigenvalue weighted by Crippen LogP contribution is -2.30. The Bertz CT molecular complexity index is 930. The van der Waals surface area contributed by atoms with Gasteiger partial charge in [-0.1, -0.05) is 0 Å². The molecule has 1 N–H and O–H groups in total. The van der Waals surface area contributed by atoms with Crippen LogP contribution in [-0.2, 0) is 9.53 Å². The number of fused-ring (bicyclic) bond motifs is 1. The molecule has 2 aromatic carbocycles. The van der Waals surface area contributed by atoms with Gasteiger partial charge in [0.25, 0.3) is 11.6 Å². The van der Waals surface area contributed by atoms with Crippen molar-refractivity contribution in [2.75, 3.05) is 18.5 Å². The summed E-state index contributed by atoms with van der Waals surface area (Å²) in [6.45, 7) is 1.77. The Morgan fingerprint density at radius 2 is 1.79 bits per heavy atom. The van der Waals surface area contributed by atoms with E-state index in [1.807, 2.05) is 0 Å². The number of nitrogens with zero attached hydrogens (tertiary/aromatic N) is 1. The van der Waals surface area contributed by atoms with Crippen LogP contribution in [0, 0.1) is 15.9 Å². The summed E-state index contributed by atoms with van der Waals surface area (Å²) in [5.41, 5.74) is -0.587. The largest absolute Gasteiger partial charge is 0.486 e. The fourth-order valence-electron chi connectivity index (χ4n) is 2.45. The molecule has 0 saturated carbocycles. The van der Waals surface area contributed by atoms with Crippen LogP contribution in [0.4, 0.5) is 15.8 Å². The average Bonchev–Trinajstić information content (AvgIpc) is 2.68. The summed E-state index contributed by atoms with van der Waals surface area (Å²) >= 11 is 0. The number of carbonyl (C=O) groups is 2. The van der Waals surface area contributed by atoms with Gasteiger partial charge in [0, 0.05) is 11.8 Å². The van der Waals surface area contributed by atoms with Crippen molar-refractivity contribution in [3.63, 3.8) is 0 Å². The second-order valence-corrected chi connectivity index (χ2v) is 5.81. The molecule has 2 aromatic rings. The minimum Gasteiger partial charge on any atom is -0.486 e. The van der Waals surface area contributed by atoms with Crippen molar-refractivity contribution in [3.05, 3.63) is 57.9 Å². The highest BCUT2D eigenvalue weighted by molar-refractivity contribution is 5.99. The van der Waals surface area contributed by atoms with Gasteiger partial charge < -0.3 is 19.5 Å². The molecule has 1 heterocycles. The normalized spacial score (nSPS) is 13.4. The molecule has 1 aliphatic heterocycles. The molecular formula is C18H15FN2O7. The van der Waals surface area contributed by atoms with Gasteiger partial charge in [-0.25, -0.2) is 9.18 Å². The molecule has 1 amide bonds. The van der Waals surface area contributed by atoms with Crippen LogP contribution < -0.4 is 14.8 Å². The number of carbonyl (C=O) groups excluding carboxylic acids is 2. The molecule has 1 aliphatic rings. The maximum absolute atomic E-state index is 12.9. The quantitative estimate of drug-likeness (QED) is 0.474. The van der Waals surface area contributed by atoms with Gasteiger partial charge >= 0.3 is 5.97 Å². The molecule has 28 heavy (non-hydrogen) atoms. The Balaban J connectivity index is 1.75. The Hall–Kier alpha value is -3.69. The van der Waals surface area contributed by atoms with E-state index in [0.29, 0.717) is 5.69 Å². The minimum absolute atomic E-state index is 0.150. The third kappa shape index (κ3) is 4.17. The van der Waals surface area contributed by atoms with E-state index in [1.165, 1.54) is 19.1 Å². The molecule has 146 valence electrons. The molecule has 1 atom stereocenters. The first-order chi connectivity index (χ1) is 13.3. The van der Waals surface area contributed by atoms with Crippen LogP contribution >= 0.6 is 0 Å². The smallest absolute Gasteiger partial charge is 0.346 e. The van der Waals surface area contributed by atoms with Crippen LogP contribution in [0.15, 0.2) is 36.4 Å². The second-order valence-electron chi connectivity index (χ2n) is 5.81. The van der Waals surface area contributed by atoms with Crippen molar-refractivity contribution in [3.8, 4) is 11.5 Å². The zero-order chi connectivity index (χ0) is 20.3. The summed E-state index contributed by atoms with van der Waals surface area (Å²) in [4.78, 5) is 35.1. The minimum atomic E-state index is -1.26. The van der Waals surface area contributed by atoms with E-state index in [1.54, 1.807) is 0 Å². The van der Waals surface area contributed by atoms with Gasteiger partial charge in [0.2, 0.25) is 0 Å². The number of nitro benzene ring substituents is 1. The molecule has 0 aromatic heterocycles. The molecule has 0 aliphatic carbocycles. The molecule has 0 radical (unpaired) electrons. The fraction of sp³-hybridized carbons (Fsp3) is 0.222. The number of esters is 1. The zero-order valence-electron chi connectivity index (χ0n) is 14.6.